The second kappa shape index (κ2) is 6.96. The molecule has 1 aromatic carbocycles. The zero-order valence-electron chi connectivity index (χ0n) is 13.9. The van der Waals surface area contributed by atoms with Crippen molar-refractivity contribution in [2.45, 2.75) is 18.9 Å². The highest BCUT2D eigenvalue weighted by molar-refractivity contribution is 5.91. The van der Waals surface area contributed by atoms with Gasteiger partial charge in [-0.05, 0) is 25.0 Å². The molecule has 0 unspecified atom stereocenters. The average molecular weight is 348 g/mol. The fraction of sp³-hybridized carbons (Fsp3) is 0.500. The summed E-state index contributed by atoms with van der Waals surface area (Å²) in [5.41, 5.74) is 0.531. The Morgan fingerprint density at radius 1 is 1.32 bits per heavy atom. The number of esters is 1. The number of ether oxygens (including phenoxy) is 1. The second-order valence-electron chi connectivity index (χ2n) is 6.10. The van der Waals surface area contributed by atoms with E-state index in [1.54, 1.807) is 6.07 Å². The molecule has 2 aliphatic heterocycles. The van der Waals surface area contributed by atoms with Gasteiger partial charge in [0.05, 0.1) is 17.6 Å². The van der Waals surface area contributed by atoms with Gasteiger partial charge >= 0.3 is 12.0 Å². The quantitative estimate of drug-likeness (QED) is 0.501. The van der Waals surface area contributed by atoms with Gasteiger partial charge < -0.3 is 19.9 Å². The largest absolute Gasteiger partial charge is 0.465 e. The van der Waals surface area contributed by atoms with E-state index in [4.69, 9.17) is 0 Å². The van der Waals surface area contributed by atoms with E-state index in [0.717, 1.165) is 12.8 Å². The first-order chi connectivity index (χ1) is 12.0. The molecule has 0 aliphatic carbocycles. The maximum absolute atomic E-state index is 11.8. The van der Waals surface area contributed by atoms with Crippen LogP contribution in [0.25, 0.3) is 0 Å². The number of methoxy groups -OCH3 is 1. The summed E-state index contributed by atoms with van der Waals surface area (Å²) in [6.07, 6.45) is 1.51. The average Bonchev–Trinajstić information content (AvgIpc) is 3.06. The molecule has 1 N–H and O–H groups in total. The molecule has 0 aromatic heterocycles. The van der Waals surface area contributed by atoms with E-state index in [0.29, 0.717) is 31.9 Å². The molecule has 1 aromatic rings. The van der Waals surface area contributed by atoms with Crippen LogP contribution in [0.3, 0.4) is 0 Å². The van der Waals surface area contributed by atoms with Crippen molar-refractivity contribution in [3.05, 3.63) is 33.9 Å². The predicted octanol–water partition coefficient (Wildman–Crippen LogP) is 1.38. The highest BCUT2D eigenvalue weighted by Gasteiger charge is 2.32. The molecule has 0 radical (unpaired) electrons. The topological polar surface area (TPSA) is 105 Å². The van der Waals surface area contributed by atoms with Gasteiger partial charge in [0.2, 0.25) is 0 Å². The van der Waals surface area contributed by atoms with Gasteiger partial charge in [0.25, 0.3) is 5.69 Å². The number of anilines is 1. The van der Waals surface area contributed by atoms with Gasteiger partial charge in [0.1, 0.15) is 5.69 Å². The van der Waals surface area contributed by atoms with Crippen LogP contribution in [0.15, 0.2) is 18.2 Å². The lowest BCUT2D eigenvalue weighted by Gasteiger charge is -2.37. The van der Waals surface area contributed by atoms with Crippen molar-refractivity contribution in [2.75, 3.05) is 38.2 Å². The van der Waals surface area contributed by atoms with Crippen LogP contribution in [-0.2, 0) is 4.74 Å². The lowest BCUT2D eigenvalue weighted by molar-refractivity contribution is -0.384. The molecule has 9 heteroatoms. The molecule has 134 valence electrons. The molecule has 9 nitrogen and oxygen atoms in total. The van der Waals surface area contributed by atoms with E-state index in [9.17, 15) is 19.7 Å². The van der Waals surface area contributed by atoms with Crippen molar-refractivity contribution in [1.82, 2.24) is 10.2 Å². The van der Waals surface area contributed by atoms with Crippen LogP contribution in [-0.4, -0.2) is 61.2 Å². The van der Waals surface area contributed by atoms with Gasteiger partial charge in [0, 0.05) is 38.3 Å². The van der Waals surface area contributed by atoms with Gasteiger partial charge in [-0.1, -0.05) is 0 Å². The lowest BCUT2D eigenvalue weighted by atomic mass is 10.0. The van der Waals surface area contributed by atoms with Gasteiger partial charge in [-0.3, -0.25) is 10.1 Å². The summed E-state index contributed by atoms with van der Waals surface area (Å²) in [7, 11) is 1.24. The Hall–Kier alpha value is -2.84. The fourth-order valence-electron chi connectivity index (χ4n) is 3.44. The smallest absolute Gasteiger partial charge is 0.338 e. The Labute approximate surface area is 144 Å². The second-order valence-corrected chi connectivity index (χ2v) is 6.10. The van der Waals surface area contributed by atoms with E-state index in [-0.39, 0.29) is 23.3 Å². The van der Waals surface area contributed by atoms with E-state index in [1.165, 1.54) is 19.2 Å². The molecule has 0 bridgehead atoms. The minimum atomic E-state index is -0.603. The summed E-state index contributed by atoms with van der Waals surface area (Å²) >= 11 is 0. The van der Waals surface area contributed by atoms with E-state index in [1.807, 2.05) is 9.80 Å². The number of nitro groups is 1. The summed E-state index contributed by atoms with van der Waals surface area (Å²) < 4.78 is 4.62. The number of nitro benzene ring substituents is 1. The molecule has 2 fully saturated rings. The van der Waals surface area contributed by atoms with Crippen molar-refractivity contribution in [2.24, 2.45) is 0 Å². The normalized spacial score (nSPS) is 18.2. The van der Waals surface area contributed by atoms with E-state index in [2.05, 4.69) is 10.1 Å². The van der Waals surface area contributed by atoms with Crippen LogP contribution in [0.1, 0.15) is 23.2 Å². The van der Waals surface area contributed by atoms with Crippen molar-refractivity contribution in [1.29, 1.82) is 0 Å². The zero-order chi connectivity index (χ0) is 18.0. The third-order valence-electron chi connectivity index (χ3n) is 4.73. The maximum atomic E-state index is 11.8. The number of urea groups is 1. The Morgan fingerprint density at radius 2 is 2.04 bits per heavy atom. The molecule has 0 spiro atoms. The Morgan fingerprint density at radius 3 is 2.60 bits per heavy atom. The number of hydrogen-bond acceptors (Lipinski definition) is 6. The minimum absolute atomic E-state index is 0.0353. The summed E-state index contributed by atoms with van der Waals surface area (Å²) in [5, 5.41) is 14.2. The lowest BCUT2D eigenvalue weighted by Crippen LogP contribution is -2.46. The monoisotopic (exact) mass is 348 g/mol. The number of nitrogens with zero attached hydrogens (tertiary/aromatic N) is 3. The third kappa shape index (κ3) is 3.35. The standard InChI is InChI=1S/C16H20N4O5/c1-25-15(21)11-2-3-13(14(10-11)20(23)24)18-7-4-12(5-8-18)19-9-6-17-16(19)22/h2-3,10,12H,4-9H2,1H3,(H,17,22). The first kappa shape index (κ1) is 17.0. The van der Waals surface area contributed by atoms with Crippen molar-refractivity contribution in [3.8, 4) is 0 Å². The summed E-state index contributed by atoms with van der Waals surface area (Å²) in [6.45, 7) is 2.61. The summed E-state index contributed by atoms with van der Waals surface area (Å²) in [5.74, 6) is -0.603. The maximum Gasteiger partial charge on any atom is 0.338 e. The first-order valence-corrected chi connectivity index (χ1v) is 8.17. The molecule has 2 aliphatic rings. The summed E-state index contributed by atoms with van der Waals surface area (Å²) in [6, 6.07) is 4.50. The van der Waals surface area contributed by atoms with Gasteiger partial charge in [0.15, 0.2) is 0 Å². The van der Waals surface area contributed by atoms with Gasteiger partial charge in [-0.15, -0.1) is 0 Å². The number of carbonyl (C=O) groups is 2. The summed E-state index contributed by atoms with van der Waals surface area (Å²) in [4.78, 5) is 38.1. The van der Waals surface area contributed by atoms with E-state index < -0.39 is 10.9 Å². The Balaban J connectivity index is 1.75. The van der Waals surface area contributed by atoms with Crippen LogP contribution < -0.4 is 10.2 Å². The molecule has 0 saturated carbocycles. The molecule has 25 heavy (non-hydrogen) atoms. The molecular formula is C16H20N4O5. The molecule has 2 heterocycles. The molecule has 0 atom stereocenters. The van der Waals surface area contributed by atoms with Crippen LogP contribution in [0.4, 0.5) is 16.2 Å². The highest BCUT2D eigenvalue weighted by Crippen LogP contribution is 2.32. The number of hydrogen-bond donors (Lipinski definition) is 1. The van der Waals surface area contributed by atoms with Crippen LogP contribution in [0, 0.1) is 10.1 Å². The van der Waals surface area contributed by atoms with Crippen molar-refractivity contribution >= 4 is 23.4 Å². The Kier molecular flexibility index (Phi) is 4.73. The van der Waals surface area contributed by atoms with Crippen LogP contribution in [0.2, 0.25) is 0 Å². The number of carbonyl (C=O) groups excluding carboxylic acids is 2. The SMILES string of the molecule is COC(=O)c1ccc(N2CCC(N3CCNC3=O)CC2)c([N+](=O)[O-])c1. The third-order valence-corrected chi connectivity index (χ3v) is 4.73. The number of benzene rings is 1. The van der Waals surface area contributed by atoms with Crippen LogP contribution >= 0.6 is 0 Å². The van der Waals surface area contributed by atoms with Gasteiger partial charge in [-0.2, -0.15) is 0 Å². The van der Waals surface area contributed by atoms with Crippen LogP contribution in [0.5, 0.6) is 0 Å². The number of rotatable bonds is 4. The first-order valence-electron chi connectivity index (χ1n) is 8.17. The molecule has 3 rings (SSSR count). The molecule has 2 saturated heterocycles. The number of amides is 2. The molecule has 2 amide bonds. The van der Waals surface area contributed by atoms with Crippen molar-refractivity contribution in [3.63, 3.8) is 0 Å². The number of nitrogens with one attached hydrogen (secondary N) is 1. The van der Waals surface area contributed by atoms with Crippen molar-refractivity contribution < 1.29 is 19.2 Å². The number of piperidine rings is 1. The minimum Gasteiger partial charge on any atom is -0.465 e. The predicted molar refractivity (Wildman–Crippen MR) is 89.8 cm³/mol. The molecular weight excluding hydrogens is 328 g/mol. The van der Waals surface area contributed by atoms with E-state index >= 15 is 0 Å². The zero-order valence-corrected chi connectivity index (χ0v) is 13.9. The highest BCUT2D eigenvalue weighted by atomic mass is 16.6. The Bertz CT molecular complexity index is 700. The fourth-order valence-corrected chi connectivity index (χ4v) is 3.44. The van der Waals surface area contributed by atoms with Gasteiger partial charge in [-0.25, -0.2) is 9.59 Å².